The fourth-order valence-corrected chi connectivity index (χ4v) is 3.06. The number of nitrogens with one attached hydrogen (secondary N) is 1. The lowest BCUT2D eigenvalue weighted by molar-refractivity contribution is 0.195. The molecule has 2 heterocycles. The summed E-state index contributed by atoms with van der Waals surface area (Å²) in [5.74, 6) is 0. The molecule has 0 spiro atoms. The van der Waals surface area contributed by atoms with E-state index >= 15 is 0 Å². The van der Waals surface area contributed by atoms with Crippen LogP contribution >= 0.6 is 0 Å². The Morgan fingerprint density at radius 3 is 2.52 bits per heavy atom. The molecular weight excluding hydrogens is 290 g/mol. The second kappa shape index (κ2) is 8.91. The molecule has 1 aliphatic rings. The van der Waals surface area contributed by atoms with E-state index in [-0.39, 0.29) is 6.03 Å². The van der Waals surface area contributed by atoms with Crippen molar-refractivity contribution in [1.82, 2.24) is 24.9 Å². The Hall–Kier alpha value is -1.56. The minimum absolute atomic E-state index is 0.00125. The van der Waals surface area contributed by atoms with E-state index in [1.54, 1.807) is 4.90 Å². The van der Waals surface area contributed by atoms with Crippen molar-refractivity contribution in [2.75, 3.05) is 39.8 Å². The van der Waals surface area contributed by atoms with E-state index in [2.05, 4.69) is 21.4 Å². The summed E-state index contributed by atoms with van der Waals surface area (Å²) < 4.78 is 1.94. The van der Waals surface area contributed by atoms with Crippen LogP contribution in [0.3, 0.4) is 0 Å². The molecule has 0 radical (unpaired) electrons. The first kappa shape index (κ1) is 17.8. The summed E-state index contributed by atoms with van der Waals surface area (Å²) in [5.41, 5.74) is 2.15. The molecule has 2 rings (SSSR count). The number of likely N-dealkylation sites (N-methyl/N-ethyl adjacent to an activating group) is 1. The summed E-state index contributed by atoms with van der Waals surface area (Å²) >= 11 is 0. The van der Waals surface area contributed by atoms with E-state index < -0.39 is 0 Å². The number of hydrogen-bond donors (Lipinski definition) is 1. The van der Waals surface area contributed by atoms with Gasteiger partial charge in [0.2, 0.25) is 0 Å². The summed E-state index contributed by atoms with van der Waals surface area (Å²) in [6, 6.07) is 2.05. The van der Waals surface area contributed by atoms with Crippen molar-refractivity contribution in [2.24, 2.45) is 0 Å². The second-order valence-corrected chi connectivity index (χ2v) is 6.56. The van der Waals surface area contributed by atoms with Gasteiger partial charge in [0.15, 0.2) is 0 Å². The van der Waals surface area contributed by atoms with E-state index in [1.807, 2.05) is 25.6 Å². The maximum Gasteiger partial charge on any atom is 0.317 e. The number of hydrogen-bond acceptors (Lipinski definition) is 3. The van der Waals surface area contributed by atoms with Crippen molar-refractivity contribution in [2.45, 2.75) is 46.1 Å². The van der Waals surface area contributed by atoms with Gasteiger partial charge >= 0.3 is 6.03 Å². The summed E-state index contributed by atoms with van der Waals surface area (Å²) in [6.07, 6.45) is 5.27. The Kier molecular flexibility index (Phi) is 6.89. The lowest BCUT2D eigenvalue weighted by atomic mass is 10.2. The molecule has 0 aromatic carbocycles. The topological polar surface area (TPSA) is 53.4 Å². The zero-order valence-corrected chi connectivity index (χ0v) is 14.8. The maximum atomic E-state index is 12.1. The fraction of sp³-hybridized carbons (Fsp3) is 0.765. The van der Waals surface area contributed by atoms with Crippen LogP contribution in [0.15, 0.2) is 6.07 Å². The first-order valence-corrected chi connectivity index (χ1v) is 8.78. The van der Waals surface area contributed by atoms with Gasteiger partial charge in [0.05, 0.1) is 12.2 Å². The molecule has 0 atom stereocenters. The van der Waals surface area contributed by atoms with E-state index in [4.69, 9.17) is 0 Å². The molecule has 1 saturated heterocycles. The molecule has 1 N–H and O–H groups in total. The van der Waals surface area contributed by atoms with Crippen LogP contribution in [0.1, 0.15) is 37.1 Å². The smallest absolute Gasteiger partial charge is 0.317 e. The summed E-state index contributed by atoms with van der Waals surface area (Å²) in [7, 11) is 1.87. The van der Waals surface area contributed by atoms with Gasteiger partial charge in [0.25, 0.3) is 0 Å². The number of rotatable bonds is 6. The van der Waals surface area contributed by atoms with Crippen molar-refractivity contribution in [3.8, 4) is 0 Å². The quantitative estimate of drug-likeness (QED) is 0.872. The largest absolute Gasteiger partial charge is 0.336 e. The van der Waals surface area contributed by atoms with Crippen LogP contribution in [-0.4, -0.2) is 65.4 Å². The number of aryl methyl sites for hydroxylation is 2. The predicted octanol–water partition coefficient (Wildman–Crippen LogP) is 2.02. The fourth-order valence-electron chi connectivity index (χ4n) is 3.06. The van der Waals surface area contributed by atoms with E-state index in [0.717, 1.165) is 24.5 Å². The number of carbonyl (C=O) groups is 1. The van der Waals surface area contributed by atoms with Crippen LogP contribution in [0.4, 0.5) is 4.79 Å². The van der Waals surface area contributed by atoms with E-state index in [0.29, 0.717) is 13.1 Å². The Bertz CT molecular complexity index is 491. The number of carbonyl (C=O) groups excluding carboxylic acids is 1. The van der Waals surface area contributed by atoms with Crippen molar-refractivity contribution in [1.29, 1.82) is 0 Å². The van der Waals surface area contributed by atoms with Gasteiger partial charge < -0.3 is 15.1 Å². The van der Waals surface area contributed by atoms with Gasteiger partial charge in [-0.1, -0.05) is 12.8 Å². The van der Waals surface area contributed by atoms with Gasteiger partial charge in [-0.2, -0.15) is 5.10 Å². The molecule has 0 bridgehead atoms. The average molecular weight is 321 g/mol. The minimum Gasteiger partial charge on any atom is -0.336 e. The third-order valence-corrected chi connectivity index (χ3v) is 4.50. The van der Waals surface area contributed by atoms with Crippen molar-refractivity contribution >= 4 is 6.03 Å². The van der Waals surface area contributed by atoms with Crippen LogP contribution < -0.4 is 5.32 Å². The molecule has 23 heavy (non-hydrogen) atoms. The first-order valence-electron chi connectivity index (χ1n) is 8.78. The van der Waals surface area contributed by atoms with Crippen LogP contribution in [0, 0.1) is 13.8 Å². The molecule has 6 nitrogen and oxygen atoms in total. The van der Waals surface area contributed by atoms with Crippen molar-refractivity contribution < 1.29 is 4.79 Å². The highest BCUT2D eigenvalue weighted by atomic mass is 16.2. The summed E-state index contributed by atoms with van der Waals surface area (Å²) in [5, 5.41) is 7.38. The highest BCUT2D eigenvalue weighted by molar-refractivity contribution is 5.73. The highest BCUT2D eigenvalue weighted by Gasteiger charge is 2.12. The Morgan fingerprint density at radius 2 is 1.91 bits per heavy atom. The zero-order chi connectivity index (χ0) is 16.7. The van der Waals surface area contributed by atoms with Gasteiger partial charge in [-0.25, -0.2) is 4.79 Å². The van der Waals surface area contributed by atoms with Crippen LogP contribution in [0.25, 0.3) is 0 Å². The lowest BCUT2D eigenvalue weighted by Crippen LogP contribution is -2.42. The van der Waals surface area contributed by atoms with E-state index in [1.165, 1.54) is 38.8 Å². The lowest BCUT2D eigenvalue weighted by Gasteiger charge is -2.24. The molecule has 6 heteroatoms. The number of aromatic nitrogens is 2. The highest BCUT2D eigenvalue weighted by Crippen LogP contribution is 2.09. The van der Waals surface area contributed by atoms with Crippen molar-refractivity contribution in [3.05, 3.63) is 17.5 Å². The van der Waals surface area contributed by atoms with Gasteiger partial charge in [0.1, 0.15) is 0 Å². The Balaban J connectivity index is 1.65. The standard InChI is InChI=1S/C17H31N5O/c1-15-14-16(2)22(19-15)11-8-18-17(23)20(3)12-13-21-9-6-4-5-7-10-21/h14H,4-13H2,1-3H3,(H,18,23). The second-order valence-electron chi connectivity index (χ2n) is 6.56. The number of likely N-dealkylation sites (tertiary alicyclic amines) is 1. The molecule has 0 saturated carbocycles. The number of urea groups is 1. The van der Waals surface area contributed by atoms with Gasteiger partial charge in [-0.05, 0) is 45.8 Å². The molecule has 1 aromatic heterocycles. The van der Waals surface area contributed by atoms with Crippen LogP contribution in [0.2, 0.25) is 0 Å². The van der Waals surface area contributed by atoms with Crippen LogP contribution in [-0.2, 0) is 6.54 Å². The monoisotopic (exact) mass is 321 g/mol. The molecule has 130 valence electrons. The molecular formula is C17H31N5O. The zero-order valence-electron chi connectivity index (χ0n) is 14.8. The van der Waals surface area contributed by atoms with E-state index in [9.17, 15) is 4.79 Å². The van der Waals surface area contributed by atoms with Gasteiger partial charge in [0, 0.05) is 32.4 Å². The third kappa shape index (κ3) is 5.86. The van der Waals surface area contributed by atoms with Gasteiger partial charge in [-0.3, -0.25) is 4.68 Å². The third-order valence-electron chi connectivity index (χ3n) is 4.50. The molecule has 1 aliphatic heterocycles. The predicted molar refractivity (Wildman–Crippen MR) is 92.6 cm³/mol. The molecule has 0 aliphatic carbocycles. The Labute approximate surface area is 139 Å². The molecule has 1 fully saturated rings. The minimum atomic E-state index is 0.00125. The molecule has 1 aromatic rings. The molecule has 0 unspecified atom stereocenters. The average Bonchev–Trinajstić information content (AvgIpc) is 2.72. The number of nitrogens with zero attached hydrogens (tertiary/aromatic N) is 4. The normalized spacial score (nSPS) is 16.1. The first-order chi connectivity index (χ1) is 11.1. The van der Waals surface area contributed by atoms with Gasteiger partial charge in [-0.15, -0.1) is 0 Å². The van der Waals surface area contributed by atoms with Crippen LogP contribution in [0.5, 0.6) is 0 Å². The summed E-state index contributed by atoms with van der Waals surface area (Å²) in [6.45, 7) is 9.45. The maximum absolute atomic E-state index is 12.1. The Morgan fingerprint density at radius 1 is 1.22 bits per heavy atom. The van der Waals surface area contributed by atoms with Crippen molar-refractivity contribution in [3.63, 3.8) is 0 Å². The molecule has 2 amide bonds. The SMILES string of the molecule is Cc1cc(C)n(CCNC(=O)N(C)CCN2CCCCCC2)n1. The summed E-state index contributed by atoms with van der Waals surface area (Å²) in [4.78, 5) is 16.4. The number of amides is 2.